The molecule has 0 N–H and O–H groups in total. The summed E-state index contributed by atoms with van der Waals surface area (Å²) in [6.45, 7) is 0. The molecule has 10 aliphatic rings. The van der Waals surface area contributed by atoms with Crippen LogP contribution in [0.3, 0.4) is 0 Å². The fraction of sp³-hybridized carbons (Fsp3) is 0.294. The molecule has 0 saturated heterocycles. The van der Waals surface area contributed by atoms with Gasteiger partial charge >= 0.3 is 0 Å². The summed E-state index contributed by atoms with van der Waals surface area (Å²) in [5, 5.41) is 0. The van der Waals surface area contributed by atoms with Gasteiger partial charge in [0.2, 0.25) is 0 Å². The van der Waals surface area contributed by atoms with Gasteiger partial charge in [0.05, 0.1) is 0 Å². The molecule has 0 aliphatic heterocycles. The van der Waals surface area contributed by atoms with Crippen molar-refractivity contribution in [3.8, 4) is 55.6 Å². The first-order chi connectivity index (χ1) is 34.1. The van der Waals surface area contributed by atoms with Crippen LogP contribution in [-0.4, -0.2) is 0 Å². The third-order valence-electron chi connectivity index (χ3n) is 20.2. The first-order valence-electron chi connectivity index (χ1n) is 26.7. The van der Waals surface area contributed by atoms with Gasteiger partial charge in [-0.2, -0.15) is 0 Å². The Morgan fingerprint density at radius 2 is 0.638 bits per heavy atom. The number of hydrogen-bond donors (Lipinski definition) is 0. The van der Waals surface area contributed by atoms with Crippen LogP contribution in [0.1, 0.15) is 86.5 Å². The van der Waals surface area contributed by atoms with Crippen LogP contribution in [0.15, 0.2) is 188 Å². The van der Waals surface area contributed by atoms with Crippen molar-refractivity contribution in [2.45, 2.75) is 75.0 Å². The second-order valence-corrected chi connectivity index (χ2v) is 23.3. The number of benzene rings is 8. The molecule has 2 spiro atoms. The van der Waals surface area contributed by atoms with E-state index in [1.54, 1.807) is 22.3 Å². The van der Waals surface area contributed by atoms with Crippen LogP contribution >= 0.6 is 0 Å². The fourth-order valence-corrected chi connectivity index (χ4v) is 18.2. The van der Waals surface area contributed by atoms with E-state index in [2.05, 4.69) is 193 Å². The molecule has 0 amide bonds. The van der Waals surface area contributed by atoms with Crippen molar-refractivity contribution in [2.75, 3.05) is 4.90 Å². The molecule has 8 fully saturated rings. The van der Waals surface area contributed by atoms with E-state index >= 15 is 0 Å². The molecule has 18 rings (SSSR count). The Kier molecular flexibility index (Phi) is 8.31. The van der Waals surface area contributed by atoms with Crippen LogP contribution in [0.4, 0.5) is 17.1 Å². The molecule has 0 heterocycles. The Bertz CT molecular complexity index is 3300. The Morgan fingerprint density at radius 1 is 0.261 bits per heavy atom. The summed E-state index contributed by atoms with van der Waals surface area (Å²) < 4.78 is 0. The smallest absolute Gasteiger partial charge is 0.0468 e. The van der Waals surface area contributed by atoms with Crippen molar-refractivity contribution in [1.29, 1.82) is 0 Å². The van der Waals surface area contributed by atoms with Gasteiger partial charge in [0.25, 0.3) is 0 Å². The van der Waals surface area contributed by atoms with E-state index in [1.165, 1.54) is 137 Å². The summed E-state index contributed by atoms with van der Waals surface area (Å²) in [5.41, 5.74) is 23.9. The summed E-state index contributed by atoms with van der Waals surface area (Å²) in [6.07, 6.45) is 14.3. The monoisotopic (exact) mass is 889 g/mol. The second-order valence-electron chi connectivity index (χ2n) is 23.3. The minimum absolute atomic E-state index is 0.163. The van der Waals surface area contributed by atoms with Crippen molar-refractivity contribution in [3.05, 3.63) is 210 Å². The lowest BCUT2D eigenvalue weighted by Gasteiger charge is -2.61. The van der Waals surface area contributed by atoms with Crippen LogP contribution in [-0.2, 0) is 10.8 Å². The van der Waals surface area contributed by atoms with E-state index in [9.17, 15) is 0 Å². The minimum atomic E-state index is 0.163. The van der Waals surface area contributed by atoms with Crippen LogP contribution < -0.4 is 4.90 Å². The van der Waals surface area contributed by atoms with Gasteiger partial charge < -0.3 is 4.90 Å². The standard InChI is InChI=1S/C68H59N/c1-2-9-46(10-3-1)50-11-8-12-57(39-50)69(58-26-28-66-62(41-58)60-14-5-7-16-64(60)68(66)54-35-44-30-45(37-54)38-55(68)36-44)56-24-21-48(22-25-56)47-17-19-49(20-18-47)51-23-27-65-61(40-51)59-13-4-6-15-63(59)67(65)52-31-42-29-43(33-52)34-53(67)32-42/h1-28,39-45,52-55H,29-38H2. The SMILES string of the molecule is c1ccc(-c2cccc(N(c3ccc(-c4ccc(-c5ccc6c(c5)-c5ccccc5C65C6CC7CC(C6)CC5C7)cc4)cc3)c3ccc4c(c3)-c3ccccc3C43C4CC5CC(C4)CC3C5)c2)cc1. The topological polar surface area (TPSA) is 3.24 Å². The van der Waals surface area contributed by atoms with Crippen LogP contribution in [0, 0.1) is 47.3 Å². The molecule has 0 atom stereocenters. The molecule has 1 heteroatoms. The van der Waals surface area contributed by atoms with Gasteiger partial charge in [-0.3, -0.25) is 0 Å². The van der Waals surface area contributed by atoms with E-state index in [4.69, 9.17) is 0 Å². The molecule has 8 bridgehead atoms. The molecule has 1 nitrogen and oxygen atoms in total. The second kappa shape index (κ2) is 14.6. The summed E-state index contributed by atoms with van der Waals surface area (Å²) in [4.78, 5) is 2.50. The summed E-state index contributed by atoms with van der Waals surface area (Å²) in [7, 11) is 0. The molecule has 10 aliphatic carbocycles. The van der Waals surface area contributed by atoms with E-state index in [0.29, 0.717) is 0 Å². The molecule has 0 aromatic heterocycles. The van der Waals surface area contributed by atoms with Gasteiger partial charge in [-0.25, -0.2) is 0 Å². The van der Waals surface area contributed by atoms with Crippen molar-refractivity contribution >= 4 is 17.1 Å². The predicted molar refractivity (Wildman–Crippen MR) is 284 cm³/mol. The van der Waals surface area contributed by atoms with Gasteiger partial charge in [0.1, 0.15) is 0 Å². The van der Waals surface area contributed by atoms with Crippen LogP contribution in [0.2, 0.25) is 0 Å². The van der Waals surface area contributed by atoms with Gasteiger partial charge in [-0.05, 0) is 232 Å². The molecule has 8 aromatic carbocycles. The van der Waals surface area contributed by atoms with Crippen molar-refractivity contribution in [2.24, 2.45) is 47.3 Å². The molecule has 69 heavy (non-hydrogen) atoms. The maximum absolute atomic E-state index is 2.57. The lowest BCUT2D eigenvalue weighted by atomic mass is 9.43. The van der Waals surface area contributed by atoms with Crippen LogP contribution in [0.25, 0.3) is 55.6 Å². The number of fused-ring (bicyclic) bond motifs is 6. The third kappa shape index (κ3) is 5.48. The van der Waals surface area contributed by atoms with Gasteiger partial charge in [-0.1, -0.05) is 146 Å². The van der Waals surface area contributed by atoms with E-state index in [-0.39, 0.29) is 10.8 Å². The zero-order chi connectivity index (χ0) is 45.0. The molecular weight excluding hydrogens is 831 g/mol. The zero-order valence-corrected chi connectivity index (χ0v) is 39.5. The van der Waals surface area contributed by atoms with Crippen molar-refractivity contribution in [3.63, 3.8) is 0 Å². The molecule has 8 saturated carbocycles. The Morgan fingerprint density at radius 3 is 1.20 bits per heavy atom. The largest absolute Gasteiger partial charge is 0.310 e. The average molecular weight is 890 g/mol. The molecular formula is C68H59N. The van der Waals surface area contributed by atoms with E-state index in [0.717, 1.165) is 47.3 Å². The van der Waals surface area contributed by atoms with Gasteiger partial charge in [-0.15, -0.1) is 0 Å². The third-order valence-corrected chi connectivity index (χ3v) is 20.2. The van der Waals surface area contributed by atoms with E-state index < -0.39 is 0 Å². The Balaban J connectivity index is 0.751. The first kappa shape index (κ1) is 39.4. The lowest BCUT2D eigenvalue weighted by Crippen LogP contribution is -2.55. The van der Waals surface area contributed by atoms with Crippen LogP contribution in [0.5, 0.6) is 0 Å². The highest BCUT2D eigenvalue weighted by Gasteiger charge is 2.63. The Labute approximate surface area is 408 Å². The number of nitrogens with zero attached hydrogens (tertiary/aromatic N) is 1. The molecule has 0 radical (unpaired) electrons. The quantitative estimate of drug-likeness (QED) is 0.161. The zero-order valence-electron chi connectivity index (χ0n) is 39.5. The number of anilines is 3. The molecule has 336 valence electrons. The maximum atomic E-state index is 2.57. The normalized spacial score (nSPS) is 29.9. The maximum Gasteiger partial charge on any atom is 0.0468 e. The van der Waals surface area contributed by atoms with Crippen molar-refractivity contribution in [1.82, 2.24) is 0 Å². The highest BCUT2D eigenvalue weighted by molar-refractivity contribution is 5.89. The minimum Gasteiger partial charge on any atom is -0.310 e. The highest BCUT2D eigenvalue weighted by atomic mass is 15.1. The summed E-state index contributed by atoms with van der Waals surface area (Å²) >= 11 is 0. The van der Waals surface area contributed by atoms with E-state index in [1.807, 2.05) is 0 Å². The lowest BCUT2D eigenvalue weighted by molar-refractivity contribution is -0.0399. The van der Waals surface area contributed by atoms with Gasteiger partial charge in [0.15, 0.2) is 0 Å². The molecule has 8 aromatic rings. The van der Waals surface area contributed by atoms with Crippen molar-refractivity contribution < 1.29 is 0 Å². The highest BCUT2D eigenvalue weighted by Crippen LogP contribution is 2.71. The first-order valence-corrected chi connectivity index (χ1v) is 26.7. The fourth-order valence-electron chi connectivity index (χ4n) is 18.2. The average Bonchev–Trinajstić information content (AvgIpc) is 3.85. The summed E-state index contributed by atoms with van der Waals surface area (Å²) in [6, 6.07) is 72.9. The number of hydrogen-bond acceptors (Lipinski definition) is 1. The predicted octanol–water partition coefficient (Wildman–Crippen LogP) is 17.6. The molecule has 0 unspecified atom stereocenters. The Hall–Kier alpha value is -6.44. The number of rotatable bonds is 6. The van der Waals surface area contributed by atoms with Gasteiger partial charge in [0, 0.05) is 27.9 Å². The summed E-state index contributed by atoms with van der Waals surface area (Å²) in [5.74, 6) is 6.89.